The summed E-state index contributed by atoms with van der Waals surface area (Å²) in [4.78, 5) is 101. The average Bonchev–Trinajstić information content (AvgIpc) is 3.46. The van der Waals surface area contributed by atoms with Crippen LogP contribution in [0.15, 0.2) is 9.98 Å². The zero-order valence-corrected chi connectivity index (χ0v) is 34.0. The molecule has 0 saturated carbocycles. The second kappa shape index (κ2) is 33.9. The minimum absolute atomic E-state index is 0. The minimum Gasteiger partial charge on any atom is -0.480 e. The van der Waals surface area contributed by atoms with Gasteiger partial charge in [-0.1, -0.05) is 39.3 Å². The number of carbonyl (C=O) groups excluding carboxylic acids is 6. The first kappa shape index (κ1) is 54.8. The van der Waals surface area contributed by atoms with Gasteiger partial charge in [-0.2, -0.15) is 0 Å². The lowest BCUT2D eigenvalue weighted by Gasteiger charge is -2.15. The van der Waals surface area contributed by atoms with Crippen LogP contribution in [-0.4, -0.2) is 152 Å². The van der Waals surface area contributed by atoms with Crippen LogP contribution in [-0.2, 0) is 43.2 Å². The lowest BCUT2D eigenvalue weighted by Crippen LogP contribution is -2.42. The Labute approximate surface area is 337 Å². The van der Waals surface area contributed by atoms with Gasteiger partial charge in [-0.15, -0.1) is 5.06 Å². The van der Waals surface area contributed by atoms with Crippen LogP contribution in [0, 0.1) is 0 Å². The number of carboxylic acid groups (broad SMARTS) is 2. The van der Waals surface area contributed by atoms with Gasteiger partial charge in [-0.05, 0) is 25.7 Å². The number of nitrogens with two attached hydrogens (primary N) is 1. The molecule has 316 valence electrons. The smallest absolute Gasteiger partial charge is 0.343 e. The summed E-state index contributed by atoms with van der Waals surface area (Å²) >= 11 is 5.83. The molecule has 5 amide bonds. The molecule has 1 aliphatic heterocycles. The predicted molar refractivity (Wildman–Crippen MR) is 211 cm³/mol. The van der Waals surface area contributed by atoms with Gasteiger partial charge in [0.05, 0.1) is 5.33 Å². The highest BCUT2D eigenvalue weighted by Gasteiger charge is 2.32. The summed E-state index contributed by atoms with van der Waals surface area (Å²) in [5, 5.41) is 37.9. The first-order valence-electron chi connectivity index (χ1n) is 16.6. The molecule has 2 atom stereocenters. The van der Waals surface area contributed by atoms with Crippen molar-refractivity contribution in [3.05, 3.63) is 0 Å². The number of hydrogen-bond acceptors (Lipinski definition) is 12. The normalized spacial score (nSPS) is 13.2. The largest absolute Gasteiger partial charge is 0.480 e. The fourth-order valence-corrected chi connectivity index (χ4v) is 4.21. The molecule has 22 nitrogen and oxygen atoms in total. The van der Waals surface area contributed by atoms with E-state index >= 15 is 0 Å². The Morgan fingerprint density at radius 2 is 1.18 bits per heavy atom. The molecule has 0 unspecified atom stereocenters. The number of halogens is 2. The van der Waals surface area contributed by atoms with Crippen LogP contribution in [0.1, 0.15) is 58.8 Å². The van der Waals surface area contributed by atoms with Gasteiger partial charge in [-0.3, -0.25) is 34.0 Å². The van der Waals surface area contributed by atoms with E-state index < -0.39 is 47.7 Å². The lowest BCUT2D eigenvalue weighted by atomic mass is 10.1. The van der Waals surface area contributed by atoms with Crippen molar-refractivity contribution in [2.24, 2.45) is 15.7 Å². The van der Waals surface area contributed by atoms with Crippen LogP contribution in [0.5, 0.6) is 0 Å². The zero-order valence-electron chi connectivity index (χ0n) is 30.8. The van der Waals surface area contributed by atoms with Crippen LogP contribution in [0.25, 0.3) is 0 Å². The fourth-order valence-electron chi connectivity index (χ4n) is 3.91. The average molecular weight is 920 g/mol. The van der Waals surface area contributed by atoms with Crippen molar-refractivity contribution in [2.45, 2.75) is 70.9 Å². The van der Waals surface area contributed by atoms with Gasteiger partial charge in [0.25, 0.3) is 11.8 Å². The first-order chi connectivity index (χ1) is 25.6. The molecule has 1 fully saturated rings. The topological polar surface area (TPSA) is 324 Å². The molecule has 0 aromatic heterocycles. The highest BCUT2D eigenvalue weighted by Crippen LogP contribution is 2.12. The summed E-state index contributed by atoms with van der Waals surface area (Å²) in [5.41, 5.74) is 5.23. The number of imide groups is 1. The Hall–Kier alpha value is -4.58. The van der Waals surface area contributed by atoms with E-state index in [1.165, 1.54) is 0 Å². The van der Waals surface area contributed by atoms with Crippen molar-refractivity contribution in [1.29, 1.82) is 0 Å². The molecule has 0 radical (unpaired) electrons. The Kier molecular flexibility index (Phi) is 33.8. The summed E-state index contributed by atoms with van der Waals surface area (Å²) in [7, 11) is 6.74. The SMILES string of the molecule is C.CN=C(NC)NCCC[C@H](NC(=O)CCN)C(=O)O.CN=C(NC)NCCC[C@H](NC(=O)CCNC(=O)CBr)C(=O)O.O=C(CBr)ON1C(=O)CCC1=O. The lowest BCUT2D eigenvalue weighted by molar-refractivity contribution is -0.195. The van der Waals surface area contributed by atoms with Crippen molar-refractivity contribution in [3.8, 4) is 0 Å². The zero-order chi connectivity index (χ0) is 41.5. The monoisotopic (exact) mass is 917 g/mol. The number of guanidine groups is 2. The minimum atomic E-state index is -1.08. The summed E-state index contributed by atoms with van der Waals surface area (Å²) in [6.45, 7) is 1.49. The number of carbonyl (C=O) groups is 8. The molecule has 1 rings (SSSR count). The molecule has 24 heteroatoms. The van der Waals surface area contributed by atoms with E-state index in [0.717, 1.165) is 0 Å². The molecular formula is C31H57Br2N11O11. The molecule has 0 aliphatic carbocycles. The number of nitrogens with one attached hydrogen (secondary N) is 7. The Balaban J connectivity index is -0.000000763. The molecule has 0 aromatic rings. The van der Waals surface area contributed by atoms with Crippen molar-refractivity contribution in [1.82, 2.24) is 42.3 Å². The van der Waals surface area contributed by atoms with Crippen LogP contribution in [0.4, 0.5) is 0 Å². The third-order valence-electron chi connectivity index (χ3n) is 6.59. The van der Waals surface area contributed by atoms with Gasteiger partial charge < -0.3 is 58.0 Å². The third kappa shape index (κ3) is 27.6. The maximum Gasteiger partial charge on any atom is 0.343 e. The van der Waals surface area contributed by atoms with Crippen LogP contribution in [0.2, 0.25) is 0 Å². The molecule has 11 N–H and O–H groups in total. The Bertz CT molecular complexity index is 1270. The van der Waals surface area contributed by atoms with E-state index in [9.17, 15) is 38.4 Å². The van der Waals surface area contributed by atoms with Gasteiger partial charge in [0.15, 0.2) is 11.9 Å². The summed E-state index contributed by atoms with van der Waals surface area (Å²) in [6.07, 6.45) is 2.20. The Morgan fingerprint density at radius 3 is 1.53 bits per heavy atom. The predicted octanol–water partition coefficient (Wildman–Crippen LogP) is -1.86. The van der Waals surface area contributed by atoms with Gasteiger partial charge >= 0.3 is 17.9 Å². The molecule has 0 bridgehead atoms. The maximum absolute atomic E-state index is 11.7. The number of nitrogens with zero attached hydrogens (tertiary/aromatic N) is 3. The molecule has 0 aromatic carbocycles. The number of alkyl halides is 2. The first-order valence-corrected chi connectivity index (χ1v) is 18.8. The van der Waals surface area contributed by atoms with Gasteiger partial charge in [0.1, 0.15) is 17.4 Å². The van der Waals surface area contributed by atoms with Crippen molar-refractivity contribution >= 4 is 91.2 Å². The second-order valence-corrected chi connectivity index (χ2v) is 11.8. The molecule has 1 heterocycles. The fraction of sp³-hybridized carbons (Fsp3) is 0.677. The number of rotatable bonds is 20. The molecular weight excluding hydrogens is 862 g/mol. The summed E-state index contributed by atoms with van der Waals surface area (Å²) in [6, 6.07) is -1.83. The van der Waals surface area contributed by atoms with E-state index in [1.807, 2.05) is 0 Å². The van der Waals surface area contributed by atoms with Crippen LogP contribution < -0.4 is 43.0 Å². The maximum atomic E-state index is 11.7. The van der Waals surface area contributed by atoms with Crippen molar-refractivity contribution in [2.75, 3.05) is 65.0 Å². The number of amides is 5. The van der Waals surface area contributed by atoms with E-state index in [1.54, 1.807) is 28.2 Å². The number of aliphatic carboxylic acids is 2. The second-order valence-electron chi connectivity index (χ2n) is 10.7. The van der Waals surface area contributed by atoms with Crippen molar-refractivity contribution < 1.29 is 53.4 Å². The van der Waals surface area contributed by atoms with Crippen LogP contribution in [0.3, 0.4) is 0 Å². The third-order valence-corrected chi connectivity index (χ3v) is 7.55. The molecule has 1 saturated heterocycles. The highest BCUT2D eigenvalue weighted by molar-refractivity contribution is 9.09. The molecule has 0 spiro atoms. The summed E-state index contributed by atoms with van der Waals surface area (Å²) in [5.74, 6) is -3.43. The van der Waals surface area contributed by atoms with Gasteiger partial charge in [0.2, 0.25) is 17.7 Å². The van der Waals surface area contributed by atoms with E-state index in [2.05, 4.69) is 83.9 Å². The van der Waals surface area contributed by atoms with Crippen molar-refractivity contribution in [3.63, 3.8) is 0 Å². The van der Waals surface area contributed by atoms with Gasteiger partial charge in [0, 0.05) is 80.1 Å². The number of hydrogen-bond donors (Lipinski definition) is 10. The number of carboxylic acids is 2. The highest BCUT2D eigenvalue weighted by atomic mass is 79.9. The van der Waals surface area contributed by atoms with E-state index in [0.29, 0.717) is 55.8 Å². The Morgan fingerprint density at radius 1 is 0.745 bits per heavy atom. The standard InChI is InChI=1S/C13H24BrN5O4.C11H23N5O3.C6H6BrNO4.CH4/c1-15-13(16-2)18-6-3-4-9(12(22)23)19-10(20)5-7-17-11(21)8-14;1-13-11(14-2)15-7-3-4-8(10(18)19)16-9(17)5-6-12;7-3-6(11)12-8-4(9)1-2-5(8)10;/h9H,3-8H2,1-2H3,(H,17,21)(H,19,20)(H,22,23)(H2,15,16,18);8H,3-7,12H2,1-2H3,(H,16,17)(H,18,19)(H2,13,14,15);1-3H2;1H4/t9-;8-;;/m00../s1. The summed E-state index contributed by atoms with van der Waals surface area (Å²) < 4.78 is 0. The quantitative estimate of drug-likeness (QED) is 0.0210. The number of aliphatic imine (C=N–C) groups is 2. The van der Waals surface area contributed by atoms with Gasteiger partial charge in [-0.25, -0.2) is 14.4 Å². The molecule has 1 aliphatic rings. The number of hydroxylamine groups is 2. The van der Waals surface area contributed by atoms with Crippen LogP contribution >= 0.6 is 31.9 Å². The molecule has 55 heavy (non-hydrogen) atoms. The van der Waals surface area contributed by atoms with E-state index in [-0.39, 0.29) is 68.7 Å². The van der Waals surface area contributed by atoms with E-state index in [4.69, 9.17) is 15.9 Å².